The lowest BCUT2D eigenvalue weighted by atomic mass is 10.1. The summed E-state index contributed by atoms with van der Waals surface area (Å²) in [5.74, 6) is 0.0817. The first-order valence-electron chi connectivity index (χ1n) is 6.85. The van der Waals surface area contributed by atoms with Gasteiger partial charge in [-0.3, -0.25) is 9.69 Å². The molecule has 1 N–H and O–H groups in total. The van der Waals surface area contributed by atoms with Crippen molar-refractivity contribution in [2.75, 3.05) is 26.3 Å². The van der Waals surface area contributed by atoms with E-state index >= 15 is 0 Å². The summed E-state index contributed by atoms with van der Waals surface area (Å²) in [5, 5.41) is 3.07. The van der Waals surface area contributed by atoms with Gasteiger partial charge in [-0.15, -0.1) is 0 Å². The third-order valence-electron chi connectivity index (χ3n) is 3.63. The molecule has 1 aliphatic rings. The number of hydrogen-bond acceptors (Lipinski definition) is 3. The smallest absolute Gasteiger partial charge is 0.237 e. The number of nitrogens with zero attached hydrogens (tertiary/aromatic N) is 1. The second-order valence-electron chi connectivity index (χ2n) is 4.97. The highest BCUT2D eigenvalue weighted by Gasteiger charge is 2.24. The van der Waals surface area contributed by atoms with E-state index in [0.29, 0.717) is 13.2 Å². The molecule has 0 aromatic heterocycles. The zero-order chi connectivity index (χ0) is 13.7. The molecule has 1 aliphatic heterocycles. The van der Waals surface area contributed by atoms with E-state index in [0.717, 1.165) is 18.7 Å². The van der Waals surface area contributed by atoms with Gasteiger partial charge in [0.2, 0.25) is 5.91 Å². The maximum Gasteiger partial charge on any atom is 0.237 e. The maximum absolute atomic E-state index is 12.2. The number of hydrogen-bond donors (Lipinski definition) is 1. The van der Waals surface area contributed by atoms with Crippen LogP contribution in [0, 0.1) is 0 Å². The Morgan fingerprint density at radius 1 is 1.21 bits per heavy atom. The summed E-state index contributed by atoms with van der Waals surface area (Å²) in [6, 6.07) is 9.96. The molecule has 1 fully saturated rings. The molecule has 0 aliphatic carbocycles. The average molecular weight is 262 g/mol. The number of carbonyl (C=O) groups excluding carboxylic acids is 1. The van der Waals surface area contributed by atoms with E-state index < -0.39 is 0 Å². The van der Waals surface area contributed by atoms with Crippen LogP contribution < -0.4 is 5.32 Å². The standard InChI is InChI=1S/C15H22N2O2/c1-12(14-6-4-3-5-7-14)16-15(18)13(2)17-8-10-19-11-9-17/h3-7,12-13H,8-11H2,1-2H3,(H,16,18)/t12-,13+/m0/s1. The third-order valence-corrected chi connectivity index (χ3v) is 3.63. The zero-order valence-electron chi connectivity index (χ0n) is 11.6. The first-order chi connectivity index (χ1) is 9.18. The Balaban J connectivity index is 1.89. The maximum atomic E-state index is 12.2. The van der Waals surface area contributed by atoms with Gasteiger partial charge in [0.05, 0.1) is 25.3 Å². The molecule has 2 atom stereocenters. The molecule has 4 heteroatoms. The van der Waals surface area contributed by atoms with Gasteiger partial charge < -0.3 is 10.1 Å². The van der Waals surface area contributed by atoms with Crippen molar-refractivity contribution in [1.82, 2.24) is 10.2 Å². The summed E-state index contributed by atoms with van der Waals surface area (Å²) in [5.41, 5.74) is 1.13. The second-order valence-corrected chi connectivity index (χ2v) is 4.97. The van der Waals surface area contributed by atoms with Gasteiger partial charge >= 0.3 is 0 Å². The largest absolute Gasteiger partial charge is 0.379 e. The van der Waals surface area contributed by atoms with Crippen LogP contribution >= 0.6 is 0 Å². The predicted molar refractivity (Wildman–Crippen MR) is 74.9 cm³/mol. The fourth-order valence-corrected chi connectivity index (χ4v) is 2.29. The second kappa shape index (κ2) is 6.68. The molecule has 1 aromatic rings. The quantitative estimate of drug-likeness (QED) is 0.896. The van der Waals surface area contributed by atoms with E-state index in [-0.39, 0.29) is 18.0 Å². The fraction of sp³-hybridized carbons (Fsp3) is 0.533. The lowest BCUT2D eigenvalue weighted by Crippen LogP contribution is -2.50. The van der Waals surface area contributed by atoms with Crippen LogP contribution in [-0.2, 0) is 9.53 Å². The van der Waals surface area contributed by atoms with Crippen LogP contribution in [0.15, 0.2) is 30.3 Å². The molecule has 104 valence electrons. The van der Waals surface area contributed by atoms with Crippen molar-refractivity contribution in [3.8, 4) is 0 Å². The van der Waals surface area contributed by atoms with E-state index in [1.165, 1.54) is 0 Å². The molecule has 19 heavy (non-hydrogen) atoms. The van der Waals surface area contributed by atoms with Crippen molar-refractivity contribution in [1.29, 1.82) is 0 Å². The van der Waals surface area contributed by atoms with Crippen LogP contribution in [0.2, 0.25) is 0 Å². The van der Waals surface area contributed by atoms with Crippen molar-refractivity contribution in [2.24, 2.45) is 0 Å². The molecule has 4 nitrogen and oxygen atoms in total. The van der Waals surface area contributed by atoms with Gasteiger partial charge in [-0.1, -0.05) is 30.3 Å². The molecule has 1 amide bonds. The number of morpholine rings is 1. The summed E-state index contributed by atoms with van der Waals surface area (Å²) in [6.07, 6.45) is 0. The van der Waals surface area contributed by atoms with E-state index in [9.17, 15) is 4.79 Å². The zero-order valence-corrected chi connectivity index (χ0v) is 11.6. The molecule has 0 saturated carbocycles. The molecule has 1 aromatic carbocycles. The van der Waals surface area contributed by atoms with E-state index in [1.807, 2.05) is 44.2 Å². The Morgan fingerprint density at radius 2 is 1.84 bits per heavy atom. The SMILES string of the molecule is C[C@H](NC(=O)[C@@H](C)N1CCOCC1)c1ccccc1. The molecule has 1 saturated heterocycles. The van der Waals surface area contributed by atoms with E-state index in [4.69, 9.17) is 4.74 Å². The first kappa shape index (κ1) is 14.0. The van der Waals surface area contributed by atoms with Gasteiger partial charge in [-0.2, -0.15) is 0 Å². The Morgan fingerprint density at radius 3 is 2.47 bits per heavy atom. The number of carbonyl (C=O) groups is 1. The van der Waals surface area contributed by atoms with E-state index in [2.05, 4.69) is 10.2 Å². The van der Waals surface area contributed by atoms with Crippen molar-refractivity contribution >= 4 is 5.91 Å². The van der Waals surface area contributed by atoms with Crippen molar-refractivity contribution < 1.29 is 9.53 Å². The third kappa shape index (κ3) is 3.78. The molecular weight excluding hydrogens is 240 g/mol. The highest BCUT2D eigenvalue weighted by Crippen LogP contribution is 2.12. The molecule has 0 unspecified atom stereocenters. The number of rotatable bonds is 4. The minimum Gasteiger partial charge on any atom is -0.379 e. The number of amides is 1. The molecular formula is C15H22N2O2. The average Bonchev–Trinajstić information content (AvgIpc) is 2.48. The van der Waals surface area contributed by atoms with Gasteiger partial charge in [-0.05, 0) is 19.4 Å². The van der Waals surface area contributed by atoms with Crippen LogP contribution in [0.3, 0.4) is 0 Å². The molecule has 1 heterocycles. The molecule has 0 spiro atoms. The predicted octanol–water partition coefficient (Wildman–Crippen LogP) is 1.58. The summed E-state index contributed by atoms with van der Waals surface area (Å²) >= 11 is 0. The van der Waals surface area contributed by atoms with Crippen LogP contribution in [-0.4, -0.2) is 43.2 Å². The highest BCUT2D eigenvalue weighted by molar-refractivity contribution is 5.81. The Hall–Kier alpha value is -1.39. The van der Waals surface area contributed by atoms with Crippen molar-refractivity contribution in [3.05, 3.63) is 35.9 Å². The van der Waals surface area contributed by atoms with Crippen LogP contribution in [0.4, 0.5) is 0 Å². The Bertz CT molecular complexity index is 402. The number of nitrogens with one attached hydrogen (secondary N) is 1. The highest BCUT2D eigenvalue weighted by atomic mass is 16.5. The van der Waals surface area contributed by atoms with Gasteiger partial charge in [0.15, 0.2) is 0 Å². The topological polar surface area (TPSA) is 41.6 Å². The van der Waals surface area contributed by atoms with Gasteiger partial charge in [-0.25, -0.2) is 0 Å². The lowest BCUT2D eigenvalue weighted by molar-refractivity contribution is -0.128. The monoisotopic (exact) mass is 262 g/mol. The molecule has 0 radical (unpaired) electrons. The van der Waals surface area contributed by atoms with Crippen LogP contribution in [0.25, 0.3) is 0 Å². The number of ether oxygens (including phenoxy) is 1. The van der Waals surface area contributed by atoms with Crippen LogP contribution in [0.1, 0.15) is 25.5 Å². The minimum atomic E-state index is -0.102. The fourth-order valence-electron chi connectivity index (χ4n) is 2.29. The summed E-state index contributed by atoms with van der Waals surface area (Å²) < 4.78 is 5.31. The molecule has 2 rings (SSSR count). The normalized spacial score (nSPS) is 19.7. The first-order valence-corrected chi connectivity index (χ1v) is 6.85. The summed E-state index contributed by atoms with van der Waals surface area (Å²) in [6.45, 7) is 7.05. The van der Waals surface area contributed by atoms with Crippen molar-refractivity contribution in [3.63, 3.8) is 0 Å². The van der Waals surface area contributed by atoms with Gasteiger partial charge in [0, 0.05) is 13.1 Å². The summed E-state index contributed by atoms with van der Waals surface area (Å²) in [7, 11) is 0. The Labute approximate surface area is 114 Å². The molecule has 0 bridgehead atoms. The van der Waals surface area contributed by atoms with Crippen LogP contribution in [0.5, 0.6) is 0 Å². The van der Waals surface area contributed by atoms with E-state index in [1.54, 1.807) is 0 Å². The lowest BCUT2D eigenvalue weighted by Gasteiger charge is -2.32. The number of benzene rings is 1. The minimum absolute atomic E-state index is 0.0391. The van der Waals surface area contributed by atoms with Gasteiger partial charge in [0.25, 0.3) is 0 Å². The van der Waals surface area contributed by atoms with Gasteiger partial charge in [0.1, 0.15) is 0 Å². The Kier molecular flexibility index (Phi) is 4.93. The summed E-state index contributed by atoms with van der Waals surface area (Å²) in [4.78, 5) is 14.4. The van der Waals surface area contributed by atoms with Crippen molar-refractivity contribution in [2.45, 2.75) is 25.9 Å².